The number of benzene rings is 2. The molecule has 2 aromatic rings. The first-order valence-corrected chi connectivity index (χ1v) is 10.1. The summed E-state index contributed by atoms with van der Waals surface area (Å²) in [6.07, 6.45) is 0.379. The lowest BCUT2D eigenvalue weighted by molar-refractivity contribution is -0.130. The van der Waals surface area contributed by atoms with Gasteiger partial charge in [0.2, 0.25) is 5.91 Å². The van der Waals surface area contributed by atoms with Crippen molar-refractivity contribution in [1.82, 2.24) is 4.90 Å². The lowest BCUT2D eigenvalue weighted by atomic mass is 9.89. The van der Waals surface area contributed by atoms with Crippen LogP contribution < -0.4 is 15.2 Å². The highest BCUT2D eigenvalue weighted by Gasteiger charge is 2.35. The fourth-order valence-electron chi connectivity index (χ4n) is 4.13. The lowest BCUT2D eigenvalue weighted by Crippen LogP contribution is -2.30. The third-order valence-corrected chi connectivity index (χ3v) is 5.75. The second-order valence-electron chi connectivity index (χ2n) is 7.59. The van der Waals surface area contributed by atoms with E-state index in [-0.39, 0.29) is 36.4 Å². The number of likely N-dealkylation sites (tertiary alicyclic amines) is 1. The average molecular weight is 394 g/mol. The number of ether oxygens (including phenoxy) is 2. The molecule has 0 radical (unpaired) electrons. The number of hydrogen-bond acceptors (Lipinski definition) is 5. The summed E-state index contributed by atoms with van der Waals surface area (Å²) in [6, 6.07) is 15.4. The van der Waals surface area contributed by atoms with Gasteiger partial charge in [-0.2, -0.15) is 0 Å². The van der Waals surface area contributed by atoms with Gasteiger partial charge in [0.25, 0.3) is 0 Å². The number of amides is 1. The van der Waals surface area contributed by atoms with Crippen LogP contribution in [0.5, 0.6) is 11.5 Å². The molecule has 0 aromatic heterocycles. The first-order chi connectivity index (χ1) is 14.2. The molecule has 2 aliphatic rings. The summed E-state index contributed by atoms with van der Waals surface area (Å²) in [5.74, 6) is 1.68. The number of fused-ring (bicyclic) bond motifs is 1. The number of carbonyl (C=O) groups excluding carboxylic acids is 2. The normalized spacial score (nSPS) is 20.5. The molecule has 0 unspecified atom stereocenters. The van der Waals surface area contributed by atoms with Gasteiger partial charge in [0.1, 0.15) is 13.2 Å². The minimum absolute atomic E-state index is 0.00720. The molecule has 0 saturated carbocycles. The molecular weight excluding hydrogens is 368 g/mol. The molecule has 2 N–H and O–H groups in total. The largest absolute Gasteiger partial charge is 0.486 e. The number of ketones is 1. The van der Waals surface area contributed by atoms with E-state index < -0.39 is 0 Å². The Morgan fingerprint density at radius 3 is 2.48 bits per heavy atom. The quantitative estimate of drug-likeness (QED) is 0.762. The molecule has 29 heavy (non-hydrogen) atoms. The van der Waals surface area contributed by atoms with E-state index in [0.29, 0.717) is 49.9 Å². The molecule has 1 fully saturated rings. The van der Waals surface area contributed by atoms with Crippen molar-refractivity contribution in [3.05, 3.63) is 59.7 Å². The minimum Gasteiger partial charge on any atom is -0.486 e. The summed E-state index contributed by atoms with van der Waals surface area (Å²) < 4.78 is 11.0. The molecule has 2 aromatic carbocycles. The molecule has 6 heteroatoms. The van der Waals surface area contributed by atoms with E-state index in [0.717, 1.165) is 0 Å². The van der Waals surface area contributed by atoms with E-state index in [4.69, 9.17) is 15.2 Å². The average Bonchev–Trinajstić information content (AvgIpc) is 3.22. The number of rotatable bonds is 6. The van der Waals surface area contributed by atoms with E-state index in [1.165, 1.54) is 5.56 Å². The smallest absolute Gasteiger partial charge is 0.223 e. The number of nitrogens with zero attached hydrogens (tertiary/aromatic N) is 1. The first-order valence-electron chi connectivity index (χ1n) is 10.1. The van der Waals surface area contributed by atoms with Crippen molar-refractivity contribution in [2.75, 3.05) is 32.8 Å². The highest BCUT2D eigenvalue weighted by Crippen LogP contribution is 2.33. The van der Waals surface area contributed by atoms with Crippen LogP contribution in [0.15, 0.2) is 48.5 Å². The first kappa shape index (κ1) is 19.5. The standard InChI is InChI=1S/C23H26N2O4/c24-13-18-14-25(15-19(18)16-4-2-1-3-5-16)23(27)9-7-20(26)17-6-8-21-22(12-17)29-11-10-28-21/h1-6,8,12,18-19H,7,9-11,13-15,24H2/t18-,19+/m1/s1. The van der Waals surface area contributed by atoms with E-state index in [1.54, 1.807) is 18.2 Å². The van der Waals surface area contributed by atoms with Crippen LogP contribution in [0, 0.1) is 5.92 Å². The van der Waals surface area contributed by atoms with Crippen LogP contribution in [0.25, 0.3) is 0 Å². The van der Waals surface area contributed by atoms with Gasteiger partial charge in [0, 0.05) is 37.4 Å². The van der Waals surface area contributed by atoms with Gasteiger partial charge in [-0.1, -0.05) is 30.3 Å². The molecule has 2 atom stereocenters. The number of nitrogens with two attached hydrogens (primary N) is 1. The molecule has 152 valence electrons. The number of hydrogen-bond donors (Lipinski definition) is 1. The number of Topliss-reactive ketones (excluding diaryl/α,β-unsaturated/α-hetero) is 1. The van der Waals surface area contributed by atoms with E-state index in [1.807, 2.05) is 23.1 Å². The Kier molecular flexibility index (Phi) is 5.81. The molecule has 4 rings (SSSR count). The van der Waals surface area contributed by atoms with Crippen molar-refractivity contribution in [3.63, 3.8) is 0 Å². The van der Waals surface area contributed by atoms with E-state index >= 15 is 0 Å². The van der Waals surface area contributed by atoms with Gasteiger partial charge >= 0.3 is 0 Å². The van der Waals surface area contributed by atoms with Crippen molar-refractivity contribution in [1.29, 1.82) is 0 Å². The Morgan fingerprint density at radius 1 is 0.966 bits per heavy atom. The minimum atomic E-state index is -0.0653. The predicted octanol–water partition coefficient (Wildman–Crippen LogP) is 2.62. The SMILES string of the molecule is NC[C@@H]1CN(C(=O)CCC(=O)c2ccc3c(c2)OCCO3)C[C@H]1c1ccccc1. The summed E-state index contributed by atoms with van der Waals surface area (Å²) in [6.45, 7) is 2.83. The van der Waals surface area contributed by atoms with Crippen LogP contribution in [-0.4, -0.2) is 49.4 Å². The van der Waals surface area contributed by atoms with Gasteiger partial charge in [-0.15, -0.1) is 0 Å². The van der Waals surface area contributed by atoms with Crippen molar-refractivity contribution in [2.45, 2.75) is 18.8 Å². The van der Waals surface area contributed by atoms with Gasteiger partial charge in [0.05, 0.1) is 0 Å². The van der Waals surface area contributed by atoms with Crippen LogP contribution in [0.3, 0.4) is 0 Å². The molecule has 2 heterocycles. The van der Waals surface area contributed by atoms with Crippen LogP contribution in [0.2, 0.25) is 0 Å². The number of carbonyl (C=O) groups is 2. The van der Waals surface area contributed by atoms with Crippen molar-refractivity contribution >= 4 is 11.7 Å². The Bertz CT molecular complexity index is 884. The highest BCUT2D eigenvalue weighted by atomic mass is 16.6. The zero-order chi connectivity index (χ0) is 20.2. The molecule has 6 nitrogen and oxygen atoms in total. The third-order valence-electron chi connectivity index (χ3n) is 5.75. The van der Waals surface area contributed by atoms with Gasteiger partial charge < -0.3 is 20.1 Å². The maximum absolute atomic E-state index is 12.7. The lowest BCUT2D eigenvalue weighted by Gasteiger charge is -2.19. The van der Waals surface area contributed by atoms with Crippen LogP contribution in [0.4, 0.5) is 0 Å². The zero-order valence-corrected chi connectivity index (χ0v) is 16.4. The zero-order valence-electron chi connectivity index (χ0n) is 16.4. The second-order valence-corrected chi connectivity index (χ2v) is 7.59. The monoisotopic (exact) mass is 394 g/mol. The van der Waals surface area contributed by atoms with Crippen molar-refractivity contribution in [2.24, 2.45) is 11.7 Å². The summed E-state index contributed by atoms with van der Waals surface area (Å²) in [7, 11) is 0. The van der Waals surface area contributed by atoms with Crippen LogP contribution in [0.1, 0.15) is 34.7 Å². The van der Waals surface area contributed by atoms with Gasteiger partial charge in [-0.25, -0.2) is 0 Å². The molecule has 0 bridgehead atoms. The highest BCUT2D eigenvalue weighted by molar-refractivity contribution is 5.98. The Labute approximate surface area is 170 Å². The molecule has 2 aliphatic heterocycles. The van der Waals surface area contributed by atoms with Gasteiger partial charge in [-0.3, -0.25) is 9.59 Å². The van der Waals surface area contributed by atoms with Crippen molar-refractivity contribution < 1.29 is 19.1 Å². The summed E-state index contributed by atoms with van der Waals surface area (Å²) in [5.41, 5.74) is 7.72. The van der Waals surface area contributed by atoms with Crippen LogP contribution in [-0.2, 0) is 4.79 Å². The summed E-state index contributed by atoms with van der Waals surface area (Å²) >= 11 is 0. The fourth-order valence-corrected chi connectivity index (χ4v) is 4.13. The molecule has 0 spiro atoms. The van der Waals surface area contributed by atoms with E-state index in [2.05, 4.69) is 12.1 Å². The van der Waals surface area contributed by atoms with Crippen molar-refractivity contribution in [3.8, 4) is 11.5 Å². The van der Waals surface area contributed by atoms with Crippen LogP contribution >= 0.6 is 0 Å². The van der Waals surface area contributed by atoms with E-state index in [9.17, 15) is 9.59 Å². The maximum Gasteiger partial charge on any atom is 0.223 e. The predicted molar refractivity (Wildman–Crippen MR) is 109 cm³/mol. The maximum atomic E-state index is 12.7. The second kappa shape index (κ2) is 8.66. The molecule has 1 saturated heterocycles. The Balaban J connectivity index is 1.35. The summed E-state index contributed by atoms with van der Waals surface area (Å²) in [4.78, 5) is 27.2. The van der Waals surface area contributed by atoms with Gasteiger partial charge in [-0.05, 0) is 36.2 Å². The van der Waals surface area contributed by atoms with Gasteiger partial charge in [0.15, 0.2) is 17.3 Å². The Hall–Kier alpha value is -2.86. The topological polar surface area (TPSA) is 81.9 Å². The fraction of sp³-hybridized carbons (Fsp3) is 0.391. The Morgan fingerprint density at radius 2 is 1.72 bits per heavy atom. The molecular formula is C23H26N2O4. The molecule has 1 amide bonds. The molecule has 0 aliphatic carbocycles. The summed E-state index contributed by atoms with van der Waals surface area (Å²) in [5, 5.41) is 0. The third kappa shape index (κ3) is 4.27.